The first-order valence-corrected chi connectivity index (χ1v) is 9.79. The van der Waals surface area contributed by atoms with Crippen molar-refractivity contribution in [2.45, 2.75) is 13.1 Å². The van der Waals surface area contributed by atoms with E-state index >= 15 is 0 Å². The fourth-order valence-corrected chi connectivity index (χ4v) is 3.99. The molecule has 0 aliphatic carbocycles. The minimum Gasteiger partial charge on any atom is -0.454 e. The van der Waals surface area contributed by atoms with E-state index in [-0.39, 0.29) is 25.1 Å². The van der Waals surface area contributed by atoms with Crippen molar-refractivity contribution in [1.82, 2.24) is 14.4 Å². The molecule has 0 saturated carbocycles. The Morgan fingerprint density at radius 2 is 1.79 bits per heavy atom. The predicted octanol–water partition coefficient (Wildman–Crippen LogP) is 2.85. The van der Waals surface area contributed by atoms with Crippen molar-refractivity contribution in [2.24, 2.45) is 0 Å². The maximum Gasteiger partial charge on any atom is 0.242 e. The van der Waals surface area contributed by atoms with Crippen LogP contribution in [0.25, 0.3) is 10.9 Å². The predicted molar refractivity (Wildman–Crippen MR) is 106 cm³/mol. The number of benzene rings is 2. The minimum atomic E-state index is -0.290. The maximum absolute atomic E-state index is 13.6. The SMILES string of the molecule is O=C(Cn1ccc2ccc(F)cc21)N1CCN(Cc2ccc3c(c2)OCO3)CC1. The molecule has 29 heavy (non-hydrogen) atoms. The summed E-state index contributed by atoms with van der Waals surface area (Å²) in [7, 11) is 0. The molecule has 2 aliphatic rings. The molecule has 7 heteroatoms. The van der Waals surface area contributed by atoms with Gasteiger partial charge in [-0.2, -0.15) is 0 Å². The fourth-order valence-electron chi connectivity index (χ4n) is 3.99. The smallest absolute Gasteiger partial charge is 0.242 e. The number of hydrogen-bond acceptors (Lipinski definition) is 4. The summed E-state index contributed by atoms with van der Waals surface area (Å²) in [4.78, 5) is 17.0. The van der Waals surface area contributed by atoms with Crippen molar-refractivity contribution in [1.29, 1.82) is 0 Å². The summed E-state index contributed by atoms with van der Waals surface area (Å²) in [5, 5.41) is 0.938. The summed E-state index contributed by atoms with van der Waals surface area (Å²) in [6.07, 6.45) is 1.85. The van der Waals surface area contributed by atoms with E-state index in [1.165, 1.54) is 17.7 Å². The van der Waals surface area contributed by atoms with Crippen LogP contribution in [0.5, 0.6) is 11.5 Å². The Hall–Kier alpha value is -3.06. The molecule has 3 aromatic rings. The summed E-state index contributed by atoms with van der Waals surface area (Å²) >= 11 is 0. The van der Waals surface area contributed by atoms with Crippen molar-refractivity contribution >= 4 is 16.8 Å². The Morgan fingerprint density at radius 3 is 2.66 bits per heavy atom. The molecular weight excluding hydrogens is 373 g/mol. The lowest BCUT2D eigenvalue weighted by molar-refractivity contribution is -0.133. The quantitative estimate of drug-likeness (QED) is 0.682. The molecule has 150 valence electrons. The lowest BCUT2D eigenvalue weighted by Crippen LogP contribution is -2.49. The number of nitrogens with zero attached hydrogens (tertiary/aromatic N) is 3. The van der Waals surface area contributed by atoms with E-state index < -0.39 is 0 Å². The minimum absolute atomic E-state index is 0.0643. The van der Waals surface area contributed by atoms with Gasteiger partial charge in [-0.1, -0.05) is 6.07 Å². The zero-order chi connectivity index (χ0) is 19.8. The van der Waals surface area contributed by atoms with Crippen LogP contribution in [0.15, 0.2) is 48.7 Å². The molecule has 0 bridgehead atoms. The molecule has 3 heterocycles. The van der Waals surface area contributed by atoms with Gasteiger partial charge in [-0.25, -0.2) is 4.39 Å². The topological polar surface area (TPSA) is 46.9 Å². The Kier molecular flexibility index (Phi) is 4.60. The van der Waals surface area contributed by atoms with Gasteiger partial charge < -0.3 is 18.9 Å². The number of carbonyl (C=O) groups excluding carboxylic acids is 1. The molecule has 1 amide bonds. The number of halogens is 1. The third-order valence-electron chi connectivity index (χ3n) is 5.61. The lowest BCUT2D eigenvalue weighted by atomic mass is 10.1. The highest BCUT2D eigenvalue weighted by Crippen LogP contribution is 2.32. The Morgan fingerprint density at radius 1 is 0.966 bits per heavy atom. The van der Waals surface area contributed by atoms with Crippen LogP contribution in [0.4, 0.5) is 4.39 Å². The van der Waals surface area contributed by atoms with E-state index in [0.717, 1.165) is 42.0 Å². The highest BCUT2D eigenvalue weighted by atomic mass is 19.1. The average molecular weight is 395 g/mol. The van der Waals surface area contributed by atoms with E-state index in [0.29, 0.717) is 13.1 Å². The third kappa shape index (κ3) is 3.65. The molecule has 5 rings (SSSR count). The van der Waals surface area contributed by atoms with E-state index in [4.69, 9.17) is 9.47 Å². The van der Waals surface area contributed by atoms with Crippen LogP contribution in [-0.4, -0.2) is 53.2 Å². The largest absolute Gasteiger partial charge is 0.454 e. The van der Waals surface area contributed by atoms with Crippen LogP contribution in [-0.2, 0) is 17.9 Å². The van der Waals surface area contributed by atoms with Crippen LogP contribution >= 0.6 is 0 Å². The Bertz CT molecular complexity index is 1060. The third-order valence-corrected chi connectivity index (χ3v) is 5.61. The van der Waals surface area contributed by atoms with Gasteiger partial charge in [0.1, 0.15) is 12.4 Å². The number of fused-ring (bicyclic) bond motifs is 2. The van der Waals surface area contributed by atoms with Gasteiger partial charge in [0, 0.05) is 38.9 Å². The second kappa shape index (κ2) is 7.40. The van der Waals surface area contributed by atoms with Crippen LogP contribution in [0, 0.1) is 5.82 Å². The maximum atomic E-state index is 13.6. The molecule has 0 N–H and O–H groups in total. The van der Waals surface area contributed by atoms with Crippen LogP contribution in [0.2, 0.25) is 0 Å². The van der Waals surface area contributed by atoms with E-state index in [9.17, 15) is 9.18 Å². The monoisotopic (exact) mass is 395 g/mol. The summed E-state index contributed by atoms with van der Waals surface area (Å²) in [6, 6.07) is 12.6. The number of aromatic nitrogens is 1. The molecule has 0 atom stereocenters. The first-order chi connectivity index (χ1) is 14.2. The Balaban J connectivity index is 1.18. The lowest BCUT2D eigenvalue weighted by Gasteiger charge is -2.35. The normalized spacial score (nSPS) is 16.5. The van der Waals surface area contributed by atoms with Gasteiger partial charge in [0.05, 0.1) is 5.52 Å². The van der Waals surface area contributed by atoms with Crippen LogP contribution in [0.3, 0.4) is 0 Å². The number of carbonyl (C=O) groups is 1. The van der Waals surface area contributed by atoms with Gasteiger partial charge in [-0.3, -0.25) is 9.69 Å². The van der Waals surface area contributed by atoms with Crippen molar-refractivity contribution < 1.29 is 18.7 Å². The highest BCUT2D eigenvalue weighted by molar-refractivity contribution is 5.83. The highest BCUT2D eigenvalue weighted by Gasteiger charge is 2.22. The summed E-state index contributed by atoms with van der Waals surface area (Å²) in [6.45, 7) is 4.36. The zero-order valence-electron chi connectivity index (χ0n) is 16.0. The average Bonchev–Trinajstić information content (AvgIpc) is 3.35. The summed E-state index contributed by atoms with van der Waals surface area (Å²) in [5.41, 5.74) is 1.93. The van der Waals surface area contributed by atoms with Crippen molar-refractivity contribution in [3.05, 3.63) is 60.0 Å². The molecule has 6 nitrogen and oxygen atoms in total. The van der Waals surface area contributed by atoms with E-state index in [1.807, 2.05) is 33.9 Å². The standard InChI is InChI=1S/C22H22FN3O3/c23-18-3-2-17-5-6-26(19(17)12-18)14-22(27)25-9-7-24(8-10-25)13-16-1-4-20-21(11-16)29-15-28-20/h1-6,11-12H,7-10,13-15H2. The van der Waals surface area contributed by atoms with Gasteiger partial charge >= 0.3 is 0 Å². The van der Waals surface area contributed by atoms with Crippen molar-refractivity contribution in [2.75, 3.05) is 33.0 Å². The zero-order valence-corrected chi connectivity index (χ0v) is 16.0. The molecule has 0 unspecified atom stereocenters. The molecule has 1 aromatic heterocycles. The van der Waals surface area contributed by atoms with Crippen LogP contribution < -0.4 is 9.47 Å². The molecular formula is C22H22FN3O3. The van der Waals surface area contributed by atoms with Crippen molar-refractivity contribution in [3.63, 3.8) is 0 Å². The first-order valence-electron chi connectivity index (χ1n) is 9.79. The van der Waals surface area contributed by atoms with Gasteiger partial charge in [-0.05, 0) is 47.3 Å². The van der Waals surface area contributed by atoms with Gasteiger partial charge in [-0.15, -0.1) is 0 Å². The molecule has 0 radical (unpaired) electrons. The van der Waals surface area contributed by atoms with Gasteiger partial charge in [0.15, 0.2) is 11.5 Å². The molecule has 2 aliphatic heterocycles. The molecule has 1 saturated heterocycles. The fraction of sp³-hybridized carbons (Fsp3) is 0.318. The van der Waals surface area contributed by atoms with Crippen LogP contribution in [0.1, 0.15) is 5.56 Å². The second-order valence-electron chi connectivity index (χ2n) is 7.49. The van der Waals surface area contributed by atoms with Gasteiger partial charge in [0.2, 0.25) is 12.7 Å². The van der Waals surface area contributed by atoms with E-state index in [1.54, 1.807) is 6.07 Å². The van der Waals surface area contributed by atoms with Crippen molar-refractivity contribution in [3.8, 4) is 11.5 Å². The summed E-state index contributed by atoms with van der Waals surface area (Å²) < 4.78 is 26.2. The Labute approximate surface area is 168 Å². The van der Waals surface area contributed by atoms with E-state index in [2.05, 4.69) is 11.0 Å². The number of piperazine rings is 1. The number of amides is 1. The summed E-state index contributed by atoms with van der Waals surface area (Å²) in [5.74, 6) is 1.37. The second-order valence-corrected chi connectivity index (χ2v) is 7.49. The molecule has 1 fully saturated rings. The number of ether oxygens (including phenoxy) is 2. The number of hydrogen-bond donors (Lipinski definition) is 0. The molecule has 0 spiro atoms. The first kappa shape index (κ1) is 18.0. The molecule has 2 aromatic carbocycles. The van der Waals surface area contributed by atoms with Gasteiger partial charge in [0.25, 0.3) is 0 Å². The number of rotatable bonds is 4.